The molecule has 0 aliphatic carbocycles. The van der Waals surface area contributed by atoms with Crippen molar-refractivity contribution in [3.05, 3.63) is 59.9 Å². The maximum Gasteiger partial charge on any atom is 0.128 e. The summed E-state index contributed by atoms with van der Waals surface area (Å²) in [7, 11) is 0. The maximum absolute atomic E-state index is 13.7. The monoisotopic (exact) mass is 284 g/mol. The average molecular weight is 284 g/mol. The summed E-state index contributed by atoms with van der Waals surface area (Å²) in [4.78, 5) is 2.42. The Bertz CT molecular complexity index is 591. The lowest BCUT2D eigenvalue weighted by Crippen LogP contribution is -2.30. The number of halogens is 1. The fourth-order valence-electron chi connectivity index (χ4n) is 2.87. The van der Waals surface area contributed by atoms with Crippen LogP contribution in [0, 0.1) is 5.82 Å². The lowest BCUT2D eigenvalue weighted by molar-refractivity contribution is 0.578. The molecule has 0 bridgehead atoms. The van der Waals surface area contributed by atoms with Crippen molar-refractivity contribution in [2.75, 3.05) is 23.3 Å². The highest BCUT2D eigenvalue weighted by Gasteiger charge is 2.14. The van der Waals surface area contributed by atoms with Crippen molar-refractivity contribution in [3.8, 4) is 0 Å². The number of piperidine rings is 1. The third-order valence-electron chi connectivity index (χ3n) is 4.03. The molecular weight excluding hydrogens is 263 g/mol. The molecule has 1 N–H and O–H groups in total. The smallest absolute Gasteiger partial charge is 0.128 e. The van der Waals surface area contributed by atoms with Gasteiger partial charge in [0.05, 0.1) is 11.4 Å². The molecule has 0 saturated carbocycles. The second-order valence-corrected chi connectivity index (χ2v) is 5.51. The summed E-state index contributed by atoms with van der Waals surface area (Å²) in [6.45, 7) is 2.73. The van der Waals surface area contributed by atoms with Crippen molar-refractivity contribution in [1.82, 2.24) is 0 Å². The highest BCUT2D eigenvalue weighted by molar-refractivity contribution is 5.70. The Morgan fingerprint density at radius 2 is 1.62 bits per heavy atom. The average Bonchev–Trinajstić information content (AvgIpc) is 2.55. The predicted molar refractivity (Wildman–Crippen MR) is 86.2 cm³/mol. The fourth-order valence-corrected chi connectivity index (χ4v) is 2.87. The van der Waals surface area contributed by atoms with Crippen molar-refractivity contribution in [2.24, 2.45) is 0 Å². The summed E-state index contributed by atoms with van der Waals surface area (Å²) in [5, 5.41) is 3.39. The van der Waals surface area contributed by atoms with Gasteiger partial charge in [0, 0.05) is 25.2 Å². The largest absolute Gasteiger partial charge is 0.379 e. The van der Waals surface area contributed by atoms with Crippen LogP contribution in [0.4, 0.5) is 15.8 Å². The molecule has 0 amide bonds. The van der Waals surface area contributed by atoms with Crippen LogP contribution in [0.25, 0.3) is 0 Å². The van der Waals surface area contributed by atoms with Gasteiger partial charge in [-0.05, 0) is 37.5 Å². The van der Waals surface area contributed by atoms with Crippen LogP contribution in [0.3, 0.4) is 0 Å². The van der Waals surface area contributed by atoms with Crippen LogP contribution >= 0.6 is 0 Å². The fraction of sp³-hybridized carbons (Fsp3) is 0.333. The molecule has 0 aromatic heterocycles. The molecule has 1 saturated heterocycles. The van der Waals surface area contributed by atoms with Crippen molar-refractivity contribution in [2.45, 2.75) is 25.8 Å². The molecular formula is C18H21FN2. The molecule has 21 heavy (non-hydrogen) atoms. The van der Waals surface area contributed by atoms with Crippen LogP contribution in [0.15, 0.2) is 48.5 Å². The van der Waals surface area contributed by atoms with Crippen LogP contribution in [0.1, 0.15) is 24.8 Å². The Kier molecular flexibility index (Phi) is 4.39. The first kappa shape index (κ1) is 13.9. The third kappa shape index (κ3) is 3.35. The quantitative estimate of drug-likeness (QED) is 0.893. The van der Waals surface area contributed by atoms with E-state index in [0.717, 1.165) is 18.8 Å². The van der Waals surface area contributed by atoms with Gasteiger partial charge in [-0.3, -0.25) is 0 Å². The normalized spacial score (nSPS) is 15.0. The SMILES string of the molecule is Fc1ccccc1CNc1ccccc1N1CCCCC1. The van der Waals surface area contributed by atoms with Gasteiger partial charge in [-0.1, -0.05) is 30.3 Å². The molecule has 1 aliphatic rings. The minimum absolute atomic E-state index is 0.152. The standard InChI is InChI=1S/C18H21FN2/c19-16-9-3-2-8-15(16)14-20-17-10-4-5-11-18(17)21-12-6-1-7-13-21/h2-5,8-11,20H,1,6-7,12-14H2. The molecule has 1 heterocycles. The highest BCUT2D eigenvalue weighted by atomic mass is 19.1. The third-order valence-corrected chi connectivity index (χ3v) is 4.03. The lowest BCUT2D eigenvalue weighted by atomic mass is 10.1. The summed E-state index contributed by atoms with van der Waals surface area (Å²) >= 11 is 0. The van der Waals surface area contributed by atoms with Gasteiger partial charge in [-0.25, -0.2) is 4.39 Å². The van der Waals surface area contributed by atoms with Crippen LogP contribution in [0.5, 0.6) is 0 Å². The van der Waals surface area contributed by atoms with Gasteiger partial charge in [-0.2, -0.15) is 0 Å². The van der Waals surface area contributed by atoms with Crippen molar-refractivity contribution in [1.29, 1.82) is 0 Å². The zero-order valence-corrected chi connectivity index (χ0v) is 12.2. The Balaban J connectivity index is 1.74. The van der Waals surface area contributed by atoms with E-state index in [2.05, 4.69) is 28.4 Å². The zero-order valence-electron chi connectivity index (χ0n) is 12.2. The van der Waals surface area contributed by atoms with E-state index in [0.29, 0.717) is 12.1 Å². The molecule has 0 atom stereocenters. The van der Waals surface area contributed by atoms with Gasteiger partial charge in [0.1, 0.15) is 5.82 Å². The predicted octanol–water partition coefficient (Wildman–Crippen LogP) is 4.43. The molecule has 110 valence electrons. The first-order valence-corrected chi connectivity index (χ1v) is 7.66. The van der Waals surface area contributed by atoms with Crippen LogP contribution in [-0.4, -0.2) is 13.1 Å². The Morgan fingerprint density at radius 1 is 0.905 bits per heavy atom. The highest BCUT2D eigenvalue weighted by Crippen LogP contribution is 2.28. The van der Waals surface area contributed by atoms with Gasteiger partial charge >= 0.3 is 0 Å². The number of nitrogens with one attached hydrogen (secondary N) is 1. The minimum atomic E-state index is -0.152. The van der Waals surface area contributed by atoms with E-state index in [4.69, 9.17) is 0 Å². The number of para-hydroxylation sites is 2. The Labute approximate surface area is 125 Å². The van der Waals surface area contributed by atoms with Crippen molar-refractivity contribution in [3.63, 3.8) is 0 Å². The van der Waals surface area contributed by atoms with Gasteiger partial charge in [0.2, 0.25) is 0 Å². The molecule has 3 rings (SSSR count). The Morgan fingerprint density at radius 3 is 2.43 bits per heavy atom. The summed E-state index contributed by atoms with van der Waals surface area (Å²) < 4.78 is 13.7. The summed E-state index contributed by atoms with van der Waals surface area (Å²) in [6.07, 6.45) is 3.82. The molecule has 0 unspecified atom stereocenters. The summed E-state index contributed by atoms with van der Waals surface area (Å²) in [5.41, 5.74) is 3.02. The first-order chi connectivity index (χ1) is 10.3. The maximum atomic E-state index is 13.7. The van der Waals surface area contributed by atoms with Gasteiger partial charge in [-0.15, -0.1) is 0 Å². The summed E-state index contributed by atoms with van der Waals surface area (Å²) in [6, 6.07) is 15.2. The van der Waals surface area contributed by atoms with Crippen LogP contribution < -0.4 is 10.2 Å². The van der Waals surface area contributed by atoms with Crippen molar-refractivity contribution < 1.29 is 4.39 Å². The van der Waals surface area contributed by atoms with E-state index < -0.39 is 0 Å². The number of rotatable bonds is 4. The van der Waals surface area contributed by atoms with Gasteiger partial charge in [0.15, 0.2) is 0 Å². The molecule has 1 fully saturated rings. The number of hydrogen-bond acceptors (Lipinski definition) is 2. The number of benzene rings is 2. The first-order valence-electron chi connectivity index (χ1n) is 7.66. The topological polar surface area (TPSA) is 15.3 Å². The molecule has 0 radical (unpaired) electrons. The van der Waals surface area contributed by atoms with E-state index in [9.17, 15) is 4.39 Å². The molecule has 3 heteroatoms. The van der Waals surface area contributed by atoms with Crippen LogP contribution in [0.2, 0.25) is 0 Å². The second kappa shape index (κ2) is 6.61. The number of hydrogen-bond donors (Lipinski definition) is 1. The zero-order chi connectivity index (χ0) is 14.5. The molecule has 2 aromatic rings. The number of anilines is 2. The lowest BCUT2D eigenvalue weighted by Gasteiger charge is -2.30. The Hall–Kier alpha value is -2.03. The molecule has 1 aliphatic heterocycles. The van der Waals surface area contributed by atoms with E-state index in [-0.39, 0.29) is 5.82 Å². The van der Waals surface area contributed by atoms with Gasteiger partial charge in [0.25, 0.3) is 0 Å². The van der Waals surface area contributed by atoms with E-state index in [1.54, 1.807) is 6.07 Å². The van der Waals surface area contributed by atoms with E-state index >= 15 is 0 Å². The van der Waals surface area contributed by atoms with E-state index in [1.807, 2.05) is 18.2 Å². The summed E-state index contributed by atoms with van der Waals surface area (Å²) in [5.74, 6) is -0.152. The number of nitrogens with zero attached hydrogens (tertiary/aromatic N) is 1. The molecule has 0 spiro atoms. The molecule has 2 nitrogen and oxygen atoms in total. The van der Waals surface area contributed by atoms with Crippen molar-refractivity contribution >= 4 is 11.4 Å². The molecule has 2 aromatic carbocycles. The van der Waals surface area contributed by atoms with Crippen LogP contribution in [-0.2, 0) is 6.54 Å². The minimum Gasteiger partial charge on any atom is -0.379 e. The van der Waals surface area contributed by atoms with E-state index in [1.165, 1.54) is 31.0 Å². The second-order valence-electron chi connectivity index (χ2n) is 5.51. The van der Waals surface area contributed by atoms with Gasteiger partial charge < -0.3 is 10.2 Å².